The summed E-state index contributed by atoms with van der Waals surface area (Å²) in [5.74, 6) is -0.297. The molecule has 0 spiro atoms. The van der Waals surface area contributed by atoms with Crippen molar-refractivity contribution in [1.29, 1.82) is 0 Å². The minimum Gasteiger partial charge on any atom is -0.508 e. The number of phenols is 1. The number of aliphatic hydroxyl groups excluding tert-OH is 4. The topological polar surface area (TPSA) is 198 Å². The van der Waals surface area contributed by atoms with Crippen LogP contribution in [0.1, 0.15) is 24.0 Å². The van der Waals surface area contributed by atoms with Crippen molar-refractivity contribution < 1.29 is 54.5 Å². The van der Waals surface area contributed by atoms with Gasteiger partial charge in [0.15, 0.2) is 0 Å². The van der Waals surface area contributed by atoms with Gasteiger partial charge in [-0.15, -0.1) is 10.1 Å². The van der Waals surface area contributed by atoms with Gasteiger partial charge in [-0.2, -0.15) is 0 Å². The van der Waals surface area contributed by atoms with E-state index in [4.69, 9.17) is 14.2 Å². The molecular weight excluding hydrogens is 494 g/mol. The molecule has 0 aliphatic carbocycles. The van der Waals surface area contributed by atoms with Crippen molar-refractivity contribution in [2.45, 2.75) is 43.5 Å². The predicted molar refractivity (Wildman–Crippen MR) is 126 cm³/mol. The van der Waals surface area contributed by atoms with Gasteiger partial charge in [-0.25, -0.2) is 0 Å². The molecule has 2 aromatic carbocycles. The van der Waals surface area contributed by atoms with Gasteiger partial charge in [0, 0.05) is 12.5 Å². The summed E-state index contributed by atoms with van der Waals surface area (Å²) >= 11 is 0. The molecule has 1 fully saturated rings. The Bertz CT molecular complexity index is 1090. The Morgan fingerprint density at radius 3 is 2.38 bits per heavy atom. The molecule has 37 heavy (non-hydrogen) atoms. The van der Waals surface area contributed by atoms with Gasteiger partial charge in [0.25, 0.3) is 5.09 Å². The molecule has 1 unspecified atom stereocenters. The Hall–Kier alpha value is -3.75. The van der Waals surface area contributed by atoms with Crippen LogP contribution in [0.3, 0.4) is 0 Å². The lowest BCUT2D eigenvalue weighted by atomic mass is 9.99. The average Bonchev–Trinajstić information content (AvgIpc) is 2.86. The molecule has 5 atom stereocenters. The van der Waals surface area contributed by atoms with Gasteiger partial charge >= 0.3 is 5.97 Å². The van der Waals surface area contributed by atoms with Gasteiger partial charge in [-0.05, 0) is 41.8 Å². The summed E-state index contributed by atoms with van der Waals surface area (Å²) in [4.78, 5) is 26.0. The smallest absolute Gasteiger partial charge is 0.311 e. The Morgan fingerprint density at radius 2 is 1.70 bits per heavy atom. The maximum atomic E-state index is 11.8. The number of hydrogen-bond acceptors (Lipinski definition) is 12. The van der Waals surface area contributed by atoms with E-state index in [9.17, 15) is 40.4 Å². The molecule has 1 aliphatic heterocycles. The first-order valence-electron chi connectivity index (χ1n) is 11.2. The molecule has 200 valence electrons. The predicted octanol–water partition coefficient (Wildman–Crippen LogP) is 0.635. The van der Waals surface area contributed by atoms with Crippen LogP contribution in [0.5, 0.6) is 17.2 Å². The lowest BCUT2D eigenvalue weighted by Crippen LogP contribution is -2.60. The van der Waals surface area contributed by atoms with E-state index in [-0.39, 0.29) is 30.9 Å². The van der Waals surface area contributed by atoms with E-state index in [0.717, 1.165) is 5.56 Å². The third-order valence-corrected chi connectivity index (χ3v) is 5.32. The van der Waals surface area contributed by atoms with Crippen molar-refractivity contribution in [3.63, 3.8) is 0 Å². The maximum Gasteiger partial charge on any atom is 0.311 e. The van der Waals surface area contributed by atoms with Crippen LogP contribution >= 0.6 is 0 Å². The second-order valence-corrected chi connectivity index (χ2v) is 8.11. The van der Waals surface area contributed by atoms with Crippen molar-refractivity contribution in [2.24, 2.45) is 0 Å². The second-order valence-electron chi connectivity index (χ2n) is 8.11. The van der Waals surface area contributed by atoms with E-state index >= 15 is 0 Å². The number of carbonyl (C=O) groups excluding carboxylic acids is 1. The number of rotatable bonds is 11. The Labute approximate surface area is 210 Å². The Kier molecular flexibility index (Phi) is 9.77. The number of hydrogen-bond donors (Lipinski definition) is 5. The first kappa shape index (κ1) is 27.8. The fraction of sp³-hybridized carbons (Fsp3) is 0.375. The summed E-state index contributed by atoms with van der Waals surface area (Å²) in [5.41, 5.74) is 1.26. The maximum absolute atomic E-state index is 11.8. The van der Waals surface area contributed by atoms with E-state index in [1.165, 1.54) is 18.2 Å². The quantitative estimate of drug-likeness (QED) is 0.0691. The molecule has 13 heteroatoms. The first-order valence-corrected chi connectivity index (χ1v) is 11.2. The van der Waals surface area contributed by atoms with Gasteiger partial charge in [0.1, 0.15) is 41.7 Å². The molecule has 5 N–H and O–H groups in total. The molecular formula is C24H27NO12. The van der Waals surface area contributed by atoms with Crippen LogP contribution in [0, 0.1) is 10.1 Å². The number of aliphatic hydroxyl groups is 4. The molecule has 0 radical (unpaired) electrons. The van der Waals surface area contributed by atoms with Crippen LogP contribution < -0.4 is 9.47 Å². The van der Waals surface area contributed by atoms with Crippen LogP contribution in [0.25, 0.3) is 12.2 Å². The highest BCUT2D eigenvalue weighted by Crippen LogP contribution is 2.28. The molecule has 13 nitrogen and oxygen atoms in total. The average molecular weight is 521 g/mol. The van der Waals surface area contributed by atoms with Gasteiger partial charge in [-0.3, -0.25) is 4.79 Å². The lowest BCUT2D eigenvalue weighted by Gasteiger charge is -2.39. The number of aromatic hydroxyl groups is 1. The Morgan fingerprint density at radius 1 is 1.00 bits per heavy atom. The molecule has 0 bridgehead atoms. The number of carbonyl (C=O) groups is 1. The SMILES string of the molecule is O=C(CCCO[N+](=O)[O-])Oc1ccc(/C=C/c2cc(O)cc(OC3O[C@H](CO)[C@@H](O)[C@H](O)[C@H]3O)c2)cc1. The zero-order chi connectivity index (χ0) is 26.9. The summed E-state index contributed by atoms with van der Waals surface area (Å²) in [5, 5.41) is 58.5. The first-order chi connectivity index (χ1) is 17.7. The molecule has 1 heterocycles. The van der Waals surface area contributed by atoms with E-state index in [1.54, 1.807) is 36.4 Å². The van der Waals surface area contributed by atoms with Crippen LogP contribution in [-0.2, 0) is 14.4 Å². The van der Waals surface area contributed by atoms with Gasteiger partial charge in [-0.1, -0.05) is 24.3 Å². The zero-order valence-corrected chi connectivity index (χ0v) is 19.5. The van der Waals surface area contributed by atoms with Crippen molar-refractivity contribution >= 4 is 18.1 Å². The summed E-state index contributed by atoms with van der Waals surface area (Å²) in [6, 6.07) is 10.8. The molecule has 1 saturated heterocycles. The van der Waals surface area contributed by atoms with E-state index < -0.39 is 48.4 Å². The summed E-state index contributed by atoms with van der Waals surface area (Å²) in [6.07, 6.45) is -3.77. The molecule has 1 aliphatic rings. The van der Waals surface area contributed by atoms with Crippen LogP contribution in [0.2, 0.25) is 0 Å². The van der Waals surface area contributed by atoms with Crippen LogP contribution in [0.4, 0.5) is 0 Å². The van der Waals surface area contributed by atoms with E-state index in [2.05, 4.69) is 4.84 Å². The minimum absolute atomic E-state index is 0.0411. The largest absolute Gasteiger partial charge is 0.508 e. The molecule has 0 saturated carbocycles. The monoisotopic (exact) mass is 521 g/mol. The highest BCUT2D eigenvalue weighted by Gasteiger charge is 2.44. The van der Waals surface area contributed by atoms with Crippen LogP contribution in [-0.4, -0.2) is 80.5 Å². The number of phenolic OH excluding ortho intramolecular Hbond substituents is 1. The van der Waals surface area contributed by atoms with Gasteiger partial charge in [0.2, 0.25) is 6.29 Å². The van der Waals surface area contributed by atoms with Gasteiger partial charge < -0.3 is 44.6 Å². The third-order valence-electron chi connectivity index (χ3n) is 5.32. The number of benzene rings is 2. The zero-order valence-electron chi connectivity index (χ0n) is 19.5. The minimum atomic E-state index is -1.60. The molecule has 0 amide bonds. The second kappa shape index (κ2) is 13.0. The highest BCUT2D eigenvalue weighted by molar-refractivity contribution is 5.73. The Balaban J connectivity index is 1.59. The summed E-state index contributed by atoms with van der Waals surface area (Å²) in [6.45, 7) is -0.800. The molecule has 3 rings (SSSR count). The third kappa shape index (κ3) is 8.13. The lowest BCUT2D eigenvalue weighted by molar-refractivity contribution is -0.757. The summed E-state index contributed by atoms with van der Waals surface area (Å²) < 4.78 is 16.0. The van der Waals surface area contributed by atoms with Crippen molar-refractivity contribution in [3.8, 4) is 17.2 Å². The van der Waals surface area contributed by atoms with Crippen LogP contribution in [0.15, 0.2) is 42.5 Å². The van der Waals surface area contributed by atoms with E-state index in [1.807, 2.05) is 0 Å². The van der Waals surface area contributed by atoms with Crippen molar-refractivity contribution in [3.05, 3.63) is 63.7 Å². The number of nitrogens with zero attached hydrogens (tertiary/aromatic N) is 1. The number of esters is 1. The summed E-state index contributed by atoms with van der Waals surface area (Å²) in [7, 11) is 0. The number of ether oxygens (including phenoxy) is 3. The van der Waals surface area contributed by atoms with Crippen molar-refractivity contribution in [1.82, 2.24) is 0 Å². The van der Waals surface area contributed by atoms with E-state index in [0.29, 0.717) is 11.3 Å². The fourth-order valence-corrected chi connectivity index (χ4v) is 3.45. The van der Waals surface area contributed by atoms with Crippen molar-refractivity contribution in [2.75, 3.05) is 13.2 Å². The highest BCUT2D eigenvalue weighted by atomic mass is 16.9. The standard InChI is InChI=1S/C24H27NO12/c26-13-19-21(29)22(30)23(31)24(37-19)36-18-11-15(10-16(27)12-18)4-3-14-5-7-17(8-6-14)35-20(28)2-1-9-34-25(32)33/h3-8,10-12,19,21-24,26-27,29-31H,1-2,9,13H2/b4-3+/t19-,21-,22+,23-,24?/m1/s1. The fourth-order valence-electron chi connectivity index (χ4n) is 3.45. The normalized spacial score (nSPS) is 23.5. The molecule has 2 aromatic rings. The molecule has 0 aromatic heterocycles. The van der Waals surface area contributed by atoms with Gasteiger partial charge in [0.05, 0.1) is 13.2 Å².